The molecule has 2 atom stereocenters. The lowest BCUT2D eigenvalue weighted by atomic mass is 9.84. The number of thiazole rings is 1. The van der Waals surface area contributed by atoms with Gasteiger partial charge in [0.05, 0.1) is 33.4 Å². The number of pyridine rings is 1. The van der Waals surface area contributed by atoms with Gasteiger partial charge in [0.2, 0.25) is 11.8 Å². The summed E-state index contributed by atoms with van der Waals surface area (Å²) in [4.78, 5) is 65.1. The van der Waals surface area contributed by atoms with Crippen molar-refractivity contribution in [2.75, 3.05) is 36.4 Å². The summed E-state index contributed by atoms with van der Waals surface area (Å²) in [6.45, 7) is 6.19. The fourth-order valence-corrected chi connectivity index (χ4v) is 12.5. The van der Waals surface area contributed by atoms with E-state index in [1.165, 1.54) is 23.3 Å². The molecule has 3 aromatic heterocycles. The molecule has 1 saturated carbocycles. The van der Waals surface area contributed by atoms with Gasteiger partial charge in [-0.15, -0.1) is 0 Å². The van der Waals surface area contributed by atoms with Gasteiger partial charge in [0.1, 0.15) is 11.6 Å². The molecule has 0 radical (unpaired) electrons. The number of ether oxygens (including phenoxy) is 1. The molecule has 71 heavy (non-hydrogen) atoms. The van der Waals surface area contributed by atoms with Gasteiger partial charge in [-0.25, -0.2) is 14.8 Å². The molecule has 15 heteroatoms. The minimum absolute atomic E-state index is 0.0215. The summed E-state index contributed by atoms with van der Waals surface area (Å²) >= 11 is 1.44. The monoisotopic (exact) mass is 970 g/mol. The van der Waals surface area contributed by atoms with E-state index in [1.54, 1.807) is 0 Å². The number of anilines is 2. The third kappa shape index (κ3) is 9.40. The van der Waals surface area contributed by atoms with Gasteiger partial charge in [-0.05, 0) is 154 Å². The number of carbonyl (C=O) groups excluding carboxylic acids is 3. The summed E-state index contributed by atoms with van der Waals surface area (Å²) in [5.41, 5.74) is 8.73. The number of nitrogens with zero attached hydrogens (tertiary/aromatic N) is 6. The summed E-state index contributed by atoms with van der Waals surface area (Å²) in [6.07, 6.45) is 9.26. The Labute approximate surface area is 416 Å². The maximum atomic E-state index is 13.7. The number of aromatic carboxylic acids is 1. The van der Waals surface area contributed by atoms with E-state index in [2.05, 4.69) is 38.7 Å². The highest BCUT2D eigenvalue weighted by molar-refractivity contribution is 7.22. The molecule has 3 fully saturated rings. The predicted octanol–water partition coefficient (Wildman–Crippen LogP) is 9.79. The van der Waals surface area contributed by atoms with Gasteiger partial charge in [0, 0.05) is 49.6 Å². The number of fused-ring (bicyclic) bond motifs is 3. The largest absolute Gasteiger partial charge is 0.490 e. The Kier molecular flexibility index (Phi) is 12.9. The Morgan fingerprint density at radius 3 is 2.54 bits per heavy atom. The second-order valence-electron chi connectivity index (χ2n) is 19.8. The molecule has 364 valence electrons. The molecule has 14 nitrogen and oxygen atoms in total. The average Bonchev–Trinajstić information content (AvgIpc) is 4.11. The number of aromatic nitrogens is 4. The highest BCUT2D eigenvalue weighted by Gasteiger charge is 2.34. The van der Waals surface area contributed by atoms with Crippen molar-refractivity contribution in [3.8, 4) is 16.9 Å². The molecule has 4 aliphatic rings. The first-order valence-corrected chi connectivity index (χ1v) is 25.9. The number of amides is 3. The van der Waals surface area contributed by atoms with Crippen LogP contribution in [-0.4, -0.2) is 85.7 Å². The van der Waals surface area contributed by atoms with Crippen molar-refractivity contribution in [1.29, 1.82) is 0 Å². The number of benzene rings is 4. The van der Waals surface area contributed by atoms with E-state index >= 15 is 0 Å². The fourth-order valence-electron chi connectivity index (χ4n) is 11.7. The first-order valence-electron chi connectivity index (χ1n) is 25.1. The van der Waals surface area contributed by atoms with Crippen LogP contribution in [0.2, 0.25) is 0 Å². The number of hydrogen-bond donors (Lipinski definition) is 3. The van der Waals surface area contributed by atoms with E-state index < -0.39 is 11.9 Å². The Bertz CT molecular complexity index is 3180. The third-order valence-electron chi connectivity index (χ3n) is 15.4. The van der Waals surface area contributed by atoms with E-state index in [-0.39, 0.29) is 29.5 Å². The Hall–Kier alpha value is -6.97. The van der Waals surface area contributed by atoms with Gasteiger partial charge in [-0.1, -0.05) is 65.9 Å². The minimum atomic E-state index is -1.10. The van der Waals surface area contributed by atoms with Crippen LogP contribution in [0.25, 0.3) is 32.2 Å². The van der Waals surface area contributed by atoms with Crippen molar-refractivity contribution in [2.24, 2.45) is 13.0 Å². The highest BCUT2D eigenvalue weighted by atomic mass is 32.1. The van der Waals surface area contributed by atoms with Crippen LogP contribution in [0.3, 0.4) is 0 Å². The second kappa shape index (κ2) is 19.7. The van der Waals surface area contributed by atoms with E-state index in [1.807, 2.05) is 96.3 Å². The van der Waals surface area contributed by atoms with E-state index in [0.29, 0.717) is 66.3 Å². The number of carboxylic acid groups (broad SMARTS) is 1. The first-order chi connectivity index (χ1) is 34.5. The molecule has 4 aromatic carbocycles. The van der Waals surface area contributed by atoms with Gasteiger partial charge >= 0.3 is 5.97 Å². The van der Waals surface area contributed by atoms with Gasteiger partial charge < -0.3 is 19.6 Å². The Morgan fingerprint density at radius 2 is 1.70 bits per heavy atom. The zero-order chi connectivity index (χ0) is 48.8. The van der Waals surface area contributed by atoms with Crippen LogP contribution >= 0.6 is 11.3 Å². The van der Waals surface area contributed by atoms with Crippen LogP contribution in [-0.2, 0) is 29.6 Å². The second-order valence-corrected chi connectivity index (χ2v) is 20.8. The van der Waals surface area contributed by atoms with E-state index in [4.69, 9.17) is 14.8 Å². The van der Waals surface area contributed by atoms with Gasteiger partial charge in [-0.2, -0.15) is 5.10 Å². The summed E-state index contributed by atoms with van der Waals surface area (Å²) in [7, 11) is 1.96. The van der Waals surface area contributed by atoms with Crippen molar-refractivity contribution in [1.82, 2.24) is 30.0 Å². The Balaban J connectivity index is 0.686. The number of piperidine rings is 1. The molecule has 2 saturated heterocycles. The summed E-state index contributed by atoms with van der Waals surface area (Å²) in [5.74, 6) is 0.181. The molecule has 6 heterocycles. The normalized spacial score (nSPS) is 20.6. The summed E-state index contributed by atoms with van der Waals surface area (Å²) in [6, 6.07) is 29.6. The van der Waals surface area contributed by atoms with Crippen molar-refractivity contribution >= 4 is 67.1 Å². The number of aryl methyl sites for hydroxylation is 1. The number of carboxylic acids is 1. The molecule has 3 N–H and O–H groups in total. The number of hydrogen-bond acceptors (Lipinski definition) is 11. The fraction of sp³-hybridized carbons (Fsp3) is 0.375. The Morgan fingerprint density at radius 1 is 0.873 bits per heavy atom. The SMILES string of the molecule is Cc1c(O[C@H]2CC[C@H](CCCN3CC[C@H](c4cccc5c(C6CCC(=O)NC6=O)nn(C)c45)C3)CC2)cccc1-c1ccc(N2CCc3cccc(C(=O)Nc4nc5ccccc5s4)c3C2)nc1C(=O)O. The molecule has 1 aliphatic carbocycles. The number of nitrogens with one attached hydrogen (secondary N) is 2. The summed E-state index contributed by atoms with van der Waals surface area (Å²) < 4.78 is 9.63. The number of carbonyl (C=O) groups is 4. The zero-order valence-corrected chi connectivity index (χ0v) is 41.0. The molecular weight excluding hydrogens is 913 g/mol. The van der Waals surface area contributed by atoms with Gasteiger partial charge in [0.25, 0.3) is 5.91 Å². The lowest BCUT2D eigenvalue weighted by Crippen LogP contribution is -2.39. The topological polar surface area (TPSA) is 172 Å². The number of rotatable bonds is 13. The maximum Gasteiger partial charge on any atom is 0.355 e. The third-order valence-corrected chi connectivity index (χ3v) is 16.3. The van der Waals surface area contributed by atoms with Crippen LogP contribution in [0.5, 0.6) is 5.75 Å². The number of imide groups is 1. The van der Waals surface area contributed by atoms with Gasteiger partial charge in [0.15, 0.2) is 10.8 Å². The molecule has 3 aliphatic heterocycles. The first kappa shape index (κ1) is 46.4. The lowest BCUT2D eigenvalue weighted by molar-refractivity contribution is -0.134. The van der Waals surface area contributed by atoms with Crippen molar-refractivity contribution in [2.45, 2.75) is 95.6 Å². The lowest BCUT2D eigenvalue weighted by Gasteiger charge is -2.31. The maximum absolute atomic E-state index is 13.7. The molecule has 11 rings (SSSR count). The van der Waals surface area contributed by atoms with E-state index in [0.717, 1.165) is 113 Å². The van der Waals surface area contributed by atoms with E-state index in [9.17, 15) is 24.3 Å². The molecule has 0 bridgehead atoms. The molecular formula is C56H58N8O6S. The van der Waals surface area contributed by atoms with Crippen LogP contribution in [0.4, 0.5) is 10.9 Å². The van der Waals surface area contributed by atoms with Crippen LogP contribution < -0.4 is 20.3 Å². The standard InChI is InChI=1S/C56H58N8O6S/c1-33-38(40-22-24-48(58-51(40)55(68)69)64-30-27-35-10-5-13-41(44(35)32-64)53(66)60-56-57-45-15-3-4-17-47(45)71-56)11-7-16-46(33)70-37-20-18-34(19-21-37)9-8-28-63-29-26-36(31-63)39-12-6-14-42-50(61-62(2)52(39)42)43-23-25-49(65)59-54(43)67/h3-7,10-17,22,24,34,36-37,43H,8-9,18-21,23,25-32H2,1-2H3,(H,68,69)(H,57,60,66)(H,59,65,67)/t34-,36-,37-,43?/m0/s1. The number of para-hydroxylation sites is 2. The smallest absolute Gasteiger partial charge is 0.355 e. The highest BCUT2D eigenvalue weighted by Crippen LogP contribution is 2.39. The van der Waals surface area contributed by atoms with Crippen molar-refractivity contribution < 1.29 is 29.0 Å². The predicted molar refractivity (Wildman–Crippen MR) is 275 cm³/mol. The average molecular weight is 971 g/mol. The molecule has 1 unspecified atom stereocenters. The van der Waals surface area contributed by atoms with Gasteiger partial charge in [-0.3, -0.25) is 29.7 Å². The van der Waals surface area contributed by atoms with Crippen molar-refractivity contribution in [3.05, 3.63) is 130 Å². The van der Waals surface area contributed by atoms with Crippen LogP contribution in [0.1, 0.15) is 118 Å². The summed E-state index contributed by atoms with van der Waals surface area (Å²) in [5, 5.41) is 22.4. The molecule has 3 amide bonds. The quantitative estimate of drug-likeness (QED) is 0.0940. The van der Waals surface area contributed by atoms with Crippen molar-refractivity contribution in [3.63, 3.8) is 0 Å². The van der Waals surface area contributed by atoms with Crippen LogP contribution in [0, 0.1) is 12.8 Å². The molecule has 7 aromatic rings. The van der Waals surface area contributed by atoms with Crippen LogP contribution in [0.15, 0.2) is 91.0 Å². The minimum Gasteiger partial charge on any atom is -0.490 e. The number of likely N-dealkylation sites (tertiary alicyclic amines) is 1. The zero-order valence-electron chi connectivity index (χ0n) is 40.2. The molecule has 0 spiro atoms.